The van der Waals surface area contributed by atoms with E-state index in [1.807, 2.05) is 32.9 Å². The molecule has 1 aromatic carbocycles. The van der Waals surface area contributed by atoms with Gasteiger partial charge in [-0.1, -0.05) is 0 Å². The summed E-state index contributed by atoms with van der Waals surface area (Å²) in [5.41, 5.74) is 1.53. The smallest absolute Gasteiger partial charge is 0.319 e. The fourth-order valence-corrected chi connectivity index (χ4v) is 2.61. The Labute approximate surface area is 116 Å². The van der Waals surface area contributed by atoms with Gasteiger partial charge in [-0.3, -0.25) is 0 Å². The highest BCUT2D eigenvalue weighted by Gasteiger charge is 2.11. The highest BCUT2D eigenvalue weighted by Crippen LogP contribution is 2.32. The zero-order valence-corrected chi connectivity index (χ0v) is 12.2. The predicted molar refractivity (Wildman–Crippen MR) is 78.2 cm³/mol. The van der Waals surface area contributed by atoms with Gasteiger partial charge in [0.25, 0.3) is 0 Å². The van der Waals surface area contributed by atoms with Gasteiger partial charge in [-0.15, -0.1) is 11.3 Å². The zero-order valence-electron chi connectivity index (χ0n) is 11.4. The fraction of sp³-hybridized carbons (Fsp3) is 0.385. The van der Waals surface area contributed by atoms with E-state index in [0.29, 0.717) is 11.4 Å². The molecule has 2 rings (SSSR count). The topological polar surface area (TPSA) is 63.2 Å². The maximum absolute atomic E-state index is 11.7. The lowest BCUT2D eigenvalue weighted by molar-refractivity contribution is 0.250. The van der Waals surface area contributed by atoms with Gasteiger partial charge in [0.15, 0.2) is 0 Å². The van der Waals surface area contributed by atoms with Crippen LogP contribution in [0.4, 0.5) is 10.5 Å². The van der Waals surface area contributed by atoms with Crippen molar-refractivity contribution in [1.82, 2.24) is 10.3 Å². The van der Waals surface area contributed by atoms with Crippen LogP contribution in [0.2, 0.25) is 0 Å². The number of nitrogens with one attached hydrogen (secondary N) is 2. The van der Waals surface area contributed by atoms with Crippen molar-refractivity contribution in [3.05, 3.63) is 17.1 Å². The Bertz CT molecular complexity index is 607. The second kappa shape index (κ2) is 5.44. The number of ether oxygens (including phenoxy) is 1. The molecule has 102 valence electrons. The summed E-state index contributed by atoms with van der Waals surface area (Å²) in [5, 5.41) is 6.56. The maximum atomic E-state index is 11.7. The zero-order chi connectivity index (χ0) is 14.0. The van der Waals surface area contributed by atoms with Crippen LogP contribution in [0.5, 0.6) is 5.75 Å². The third-order valence-corrected chi connectivity index (χ3v) is 3.42. The van der Waals surface area contributed by atoms with Crippen molar-refractivity contribution in [1.29, 1.82) is 0 Å². The number of urea groups is 1. The predicted octanol–water partition coefficient (Wildman–Crippen LogP) is 3.14. The molecule has 2 amide bonds. The first-order valence-corrected chi connectivity index (χ1v) is 6.84. The molecule has 0 unspecified atom stereocenters. The van der Waals surface area contributed by atoms with E-state index in [1.165, 1.54) is 0 Å². The molecule has 0 saturated carbocycles. The van der Waals surface area contributed by atoms with Crippen LogP contribution in [0.1, 0.15) is 18.9 Å². The lowest BCUT2D eigenvalue weighted by atomic mass is 10.2. The van der Waals surface area contributed by atoms with E-state index in [1.54, 1.807) is 18.4 Å². The lowest BCUT2D eigenvalue weighted by Gasteiger charge is -2.12. The molecule has 0 aliphatic carbocycles. The molecule has 19 heavy (non-hydrogen) atoms. The normalized spacial score (nSPS) is 10.8. The van der Waals surface area contributed by atoms with E-state index in [0.717, 1.165) is 15.2 Å². The first kappa shape index (κ1) is 13.6. The molecule has 0 saturated heterocycles. The first-order chi connectivity index (χ1) is 8.99. The molecular formula is C13H17N3O2S. The Balaban J connectivity index is 2.32. The summed E-state index contributed by atoms with van der Waals surface area (Å²) in [4.78, 5) is 16.1. The Hall–Kier alpha value is -1.82. The largest absolute Gasteiger partial charge is 0.494 e. The first-order valence-electron chi connectivity index (χ1n) is 6.02. The summed E-state index contributed by atoms with van der Waals surface area (Å²) in [7, 11) is 1.58. The highest BCUT2D eigenvalue weighted by molar-refractivity contribution is 7.18. The highest BCUT2D eigenvalue weighted by atomic mass is 32.1. The molecule has 2 aromatic rings. The van der Waals surface area contributed by atoms with Gasteiger partial charge in [-0.25, -0.2) is 9.78 Å². The van der Waals surface area contributed by atoms with Crippen LogP contribution in [-0.2, 0) is 0 Å². The standard InChI is InChI=1S/C13H17N3O2S/c1-7(2)14-13(17)16-9-6-12-10(5-11(9)18-4)15-8(3)19-12/h5-7H,1-4H3,(H2,14,16,17). The average Bonchev–Trinajstić information content (AvgIpc) is 2.65. The van der Waals surface area contributed by atoms with Crippen LogP contribution in [0.15, 0.2) is 12.1 Å². The van der Waals surface area contributed by atoms with Crippen molar-refractivity contribution in [2.24, 2.45) is 0 Å². The van der Waals surface area contributed by atoms with Crippen LogP contribution in [-0.4, -0.2) is 24.2 Å². The summed E-state index contributed by atoms with van der Waals surface area (Å²) in [6, 6.07) is 3.57. The number of thiazole rings is 1. The number of carbonyl (C=O) groups excluding carboxylic acids is 1. The molecule has 0 aliphatic heterocycles. The van der Waals surface area contributed by atoms with Gasteiger partial charge in [0.05, 0.1) is 28.0 Å². The maximum Gasteiger partial charge on any atom is 0.319 e. The summed E-state index contributed by atoms with van der Waals surface area (Å²) in [6.45, 7) is 5.77. The fourth-order valence-electron chi connectivity index (χ4n) is 1.76. The van der Waals surface area contributed by atoms with Crippen molar-refractivity contribution >= 4 is 33.3 Å². The van der Waals surface area contributed by atoms with Gasteiger partial charge in [0, 0.05) is 12.1 Å². The third kappa shape index (κ3) is 3.14. The molecule has 0 fully saturated rings. The number of anilines is 1. The minimum Gasteiger partial charge on any atom is -0.494 e. The number of hydrogen-bond acceptors (Lipinski definition) is 4. The number of hydrogen-bond donors (Lipinski definition) is 2. The number of fused-ring (bicyclic) bond motifs is 1. The molecule has 0 atom stereocenters. The molecule has 6 heteroatoms. The van der Waals surface area contributed by atoms with Crippen LogP contribution < -0.4 is 15.4 Å². The molecule has 0 bridgehead atoms. The van der Waals surface area contributed by atoms with Gasteiger partial charge in [-0.05, 0) is 26.8 Å². The number of nitrogens with zero attached hydrogens (tertiary/aromatic N) is 1. The van der Waals surface area contributed by atoms with Gasteiger partial charge in [0.1, 0.15) is 5.75 Å². The molecule has 1 heterocycles. The molecule has 0 aliphatic rings. The SMILES string of the molecule is COc1cc2nc(C)sc2cc1NC(=O)NC(C)C. The van der Waals surface area contributed by atoms with E-state index in [2.05, 4.69) is 15.6 Å². The van der Waals surface area contributed by atoms with Crippen molar-refractivity contribution in [2.75, 3.05) is 12.4 Å². The summed E-state index contributed by atoms with van der Waals surface area (Å²) in [6.07, 6.45) is 0. The van der Waals surface area contributed by atoms with E-state index in [9.17, 15) is 4.79 Å². The van der Waals surface area contributed by atoms with E-state index in [4.69, 9.17) is 4.74 Å². The molecule has 0 radical (unpaired) electrons. The van der Waals surface area contributed by atoms with Crippen LogP contribution in [0, 0.1) is 6.92 Å². The molecular weight excluding hydrogens is 262 g/mol. The number of carbonyl (C=O) groups is 1. The lowest BCUT2D eigenvalue weighted by Crippen LogP contribution is -2.34. The van der Waals surface area contributed by atoms with Crippen LogP contribution in [0.25, 0.3) is 10.2 Å². The van der Waals surface area contributed by atoms with Crippen molar-refractivity contribution in [2.45, 2.75) is 26.8 Å². The van der Waals surface area contributed by atoms with Gasteiger partial charge < -0.3 is 15.4 Å². The summed E-state index contributed by atoms with van der Waals surface area (Å²) in [5.74, 6) is 0.608. The molecule has 1 aromatic heterocycles. The number of benzene rings is 1. The van der Waals surface area contributed by atoms with E-state index < -0.39 is 0 Å². The second-order valence-corrected chi connectivity index (χ2v) is 5.74. The van der Waals surface area contributed by atoms with Gasteiger partial charge in [-0.2, -0.15) is 0 Å². The Morgan fingerprint density at radius 2 is 2.16 bits per heavy atom. The second-order valence-electron chi connectivity index (χ2n) is 4.51. The third-order valence-electron chi connectivity index (χ3n) is 2.48. The van der Waals surface area contributed by atoms with Gasteiger partial charge in [0.2, 0.25) is 0 Å². The van der Waals surface area contributed by atoms with E-state index >= 15 is 0 Å². The Morgan fingerprint density at radius 3 is 2.79 bits per heavy atom. The molecule has 5 nitrogen and oxygen atoms in total. The minimum atomic E-state index is -0.242. The summed E-state index contributed by atoms with van der Waals surface area (Å²) < 4.78 is 6.32. The number of aryl methyl sites for hydroxylation is 1. The Kier molecular flexibility index (Phi) is 3.90. The summed E-state index contributed by atoms with van der Waals surface area (Å²) >= 11 is 1.59. The number of aromatic nitrogens is 1. The van der Waals surface area contributed by atoms with Crippen LogP contribution in [0.3, 0.4) is 0 Å². The monoisotopic (exact) mass is 279 g/mol. The number of amides is 2. The van der Waals surface area contributed by atoms with Crippen molar-refractivity contribution in [3.8, 4) is 5.75 Å². The van der Waals surface area contributed by atoms with Crippen molar-refractivity contribution in [3.63, 3.8) is 0 Å². The van der Waals surface area contributed by atoms with Gasteiger partial charge >= 0.3 is 6.03 Å². The number of rotatable bonds is 3. The molecule has 0 spiro atoms. The quantitative estimate of drug-likeness (QED) is 0.907. The Morgan fingerprint density at radius 1 is 1.42 bits per heavy atom. The number of methoxy groups -OCH3 is 1. The van der Waals surface area contributed by atoms with E-state index in [-0.39, 0.29) is 12.1 Å². The minimum absolute atomic E-state index is 0.0837. The molecule has 2 N–H and O–H groups in total. The van der Waals surface area contributed by atoms with Crippen molar-refractivity contribution < 1.29 is 9.53 Å². The van der Waals surface area contributed by atoms with Crippen LogP contribution >= 0.6 is 11.3 Å². The average molecular weight is 279 g/mol.